The number of nitrogens with one attached hydrogen (secondary N) is 2. The standard InChI is InChI=1S/C19H22FN3O3S/c1-12-2-9-16(27(25,26)23-15-7-5-14(20)6-8-15)10-17(12)19(24)22-11-18(21)13-3-4-13/h2,5-10,13,18,23H,3-4,11,21H2,1H3,(H,22,24). The molecule has 1 aliphatic rings. The summed E-state index contributed by atoms with van der Waals surface area (Å²) >= 11 is 0. The third kappa shape index (κ3) is 4.84. The molecule has 0 heterocycles. The molecule has 144 valence electrons. The quantitative estimate of drug-likeness (QED) is 0.675. The molecule has 1 amide bonds. The number of anilines is 1. The number of halogens is 1. The zero-order valence-corrected chi connectivity index (χ0v) is 15.7. The van der Waals surface area contributed by atoms with Crippen molar-refractivity contribution in [1.82, 2.24) is 5.32 Å². The van der Waals surface area contributed by atoms with Crippen LogP contribution in [0, 0.1) is 18.7 Å². The van der Waals surface area contributed by atoms with E-state index in [4.69, 9.17) is 5.73 Å². The van der Waals surface area contributed by atoms with Crippen LogP contribution in [0.4, 0.5) is 10.1 Å². The van der Waals surface area contributed by atoms with E-state index >= 15 is 0 Å². The van der Waals surface area contributed by atoms with Crippen LogP contribution < -0.4 is 15.8 Å². The lowest BCUT2D eigenvalue weighted by atomic mass is 10.1. The van der Waals surface area contributed by atoms with Gasteiger partial charge in [-0.3, -0.25) is 9.52 Å². The number of sulfonamides is 1. The summed E-state index contributed by atoms with van der Waals surface area (Å²) in [6.07, 6.45) is 2.16. The van der Waals surface area contributed by atoms with E-state index in [2.05, 4.69) is 10.0 Å². The first-order valence-corrected chi connectivity index (χ1v) is 10.2. The Balaban J connectivity index is 1.76. The fourth-order valence-corrected chi connectivity index (χ4v) is 3.83. The van der Waals surface area contributed by atoms with Gasteiger partial charge >= 0.3 is 0 Å². The van der Waals surface area contributed by atoms with Crippen molar-refractivity contribution in [3.8, 4) is 0 Å². The first-order chi connectivity index (χ1) is 12.8. The predicted octanol–water partition coefficient (Wildman–Crippen LogP) is 2.40. The Labute approximate surface area is 158 Å². The third-order valence-electron chi connectivity index (χ3n) is 4.59. The Morgan fingerprint density at radius 2 is 1.89 bits per heavy atom. The van der Waals surface area contributed by atoms with Crippen molar-refractivity contribution in [2.24, 2.45) is 11.7 Å². The first kappa shape index (κ1) is 19.3. The second-order valence-electron chi connectivity index (χ2n) is 6.80. The lowest BCUT2D eigenvalue weighted by molar-refractivity contribution is 0.0949. The highest BCUT2D eigenvalue weighted by Crippen LogP contribution is 2.31. The van der Waals surface area contributed by atoms with Crippen LogP contribution in [0.15, 0.2) is 47.4 Å². The Kier molecular flexibility index (Phi) is 5.48. The molecule has 6 nitrogen and oxygen atoms in total. The van der Waals surface area contributed by atoms with Crippen molar-refractivity contribution in [2.45, 2.75) is 30.7 Å². The molecule has 2 aromatic carbocycles. The molecule has 8 heteroatoms. The van der Waals surface area contributed by atoms with E-state index in [1.54, 1.807) is 13.0 Å². The predicted molar refractivity (Wildman–Crippen MR) is 101 cm³/mol. The van der Waals surface area contributed by atoms with Gasteiger partial charge in [-0.1, -0.05) is 6.07 Å². The fourth-order valence-electron chi connectivity index (χ4n) is 2.74. The number of amides is 1. The van der Waals surface area contributed by atoms with E-state index in [0.717, 1.165) is 25.0 Å². The van der Waals surface area contributed by atoms with Crippen molar-refractivity contribution in [1.29, 1.82) is 0 Å². The third-order valence-corrected chi connectivity index (χ3v) is 5.97. The van der Waals surface area contributed by atoms with Crippen LogP contribution in [-0.4, -0.2) is 26.9 Å². The van der Waals surface area contributed by atoms with E-state index in [1.165, 1.54) is 24.3 Å². The highest BCUT2D eigenvalue weighted by molar-refractivity contribution is 7.92. The number of carbonyl (C=O) groups excluding carboxylic acids is 1. The summed E-state index contributed by atoms with van der Waals surface area (Å²) in [6, 6.07) is 9.23. The van der Waals surface area contributed by atoms with E-state index in [0.29, 0.717) is 18.0 Å². The van der Waals surface area contributed by atoms with Crippen molar-refractivity contribution in [3.63, 3.8) is 0 Å². The Hall–Kier alpha value is -2.45. The molecule has 0 spiro atoms. The van der Waals surface area contributed by atoms with Gasteiger partial charge in [0.2, 0.25) is 0 Å². The van der Waals surface area contributed by atoms with Gasteiger partial charge in [0.25, 0.3) is 15.9 Å². The molecule has 1 fully saturated rings. The number of aryl methyl sites for hydroxylation is 1. The number of hydrogen-bond donors (Lipinski definition) is 3. The summed E-state index contributed by atoms with van der Waals surface area (Å²) in [6.45, 7) is 2.09. The topological polar surface area (TPSA) is 101 Å². The highest BCUT2D eigenvalue weighted by atomic mass is 32.2. The number of rotatable bonds is 7. The molecule has 0 aliphatic heterocycles. The molecule has 27 heavy (non-hydrogen) atoms. The number of carbonyl (C=O) groups is 1. The minimum absolute atomic E-state index is 0.0472. The van der Waals surface area contributed by atoms with Crippen molar-refractivity contribution in [3.05, 3.63) is 59.4 Å². The van der Waals surface area contributed by atoms with Gasteiger partial charge in [0.15, 0.2) is 0 Å². The van der Waals surface area contributed by atoms with Gasteiger partial charge in [-0.15, -0.1) is 0 Å². The van der Waals surface area contributed by atoms with Gasteiger partial charge in [0, 0.05) is 23.8 Å². The highest BCUT2D eigenvalue weighted by Gasteiger charge is 2.28. The maximum absolute atomic E-state index is 13.0. The molecule has 4 N–H and O–H groups in total. The molecular formula is C19H22FN3O3S. The van der Waals surface area contributed by atoms with E-state index < -0.39 is 15.8 Å². The lowest BCUT2D eigenvalue weighted by Crippen LogP contribution is -2.38. The number of hydrogen-bond acceptors (Lipinski definition) is 4. The largest absolute Gasteiger partial charge is 0.350 e. The molecule has 3 rings (SSSR count). The van der Waals surface area contributed by atoms with Crippen LogP contribution in [0.2, 0.25) is 0 Å². The molecule has 2 aromatic rings. The van der Waals surface area contributed by atoms with Crippen molar-refractivity contribution in [2.75, 3.05) is 11.3 Å². The molecule has 1 unspecified atom stereocenters. The normalized spacial score (nSPS) is 15.2. The fraction of sp³-hybridized carbons (Fsp3) is 0.316. The molecule has 0 aromatic heterocycles. The van der Waals surface area contributed by atoms with Crippen LogP contribution in [-0.2, 0) is 10.0 Å². The maximum Gasteiger partial charge on any atom is 0.261 e. The van der Waals surface area contributed by atoms with Crippen LogP contribution in [0.25, 0.3) is 0 Å². The average Bonchev–Trinajstić information content (AvgIpc) is 3.46. The van der Waals surface area contributed by atoms with Crippen LogP contribution in [0.3, 0.4) is 0 Å². The maximum atomic E-state index is 13.0. The summed E-state index contributed by atoms with van der Waals surface area (Å²) in [5.74, 6) is -0.364. The summed E-state index contributed by atoms with van der Waals surface area (Å²) < 4.78 is 40.5. The van der Waals surface area contributed by atoms with E-state index in [-0.39, 0.29) is 28.1 Å². The smallest absolute Gasteiger partial charge is 0.261 e. The molecule has 1 saturated carbocycles. The van der Waals surface area contributed by atoms with Crippen LogP contribution >= 0.6 is 0 Å². The van der Waals surface area contributed by atoms with Gasteiger partial charge in [0.1, 0.15) is 5.82 Å². The summed E-state index contributed by atoms with van der Waals surface area (Å²) in [5.41, 5.74) is 7.16. The summed E-state index contributed by atoms with van der Waals surface area (Å²) in [7, 11) is -3.91. The second-order valence-corrected chi connectivity index (χ2v) is 8.48. The Morgan fingerprint density at radius 1 is 1.22 bits per heavy atom. The first-order valence-electron chi connectivity index (χ1n) is 8.69. The molecular weight excluding hydrogens is 369 g/mol. The molecule has 0 bridgehead atoms. The zero-order chi connectivity index (χ0) is 19.6. The molecule has 1 aliphatic carbocycles. The number of benzene rings is 2. The van der Waals surface area contributed by atoms with E-state index in [1.807, 2.05) is 0 Å². The van der Waals surface area contributed by atoms with Crippen molar-refractivity contribution < 1.29 is 17.6 Å². The van der Waals surface area contributed by atoms with Gasteiger partial charge < -0.3 is 11.1 Å². The summed E-state index contributed by atoms with van der Waals surface area (Å²) in [4.78, 5) is 12.4. The van der Waals surface area contributed by atoms with Gasteiger partial charge in [-0.25, -0.2) is 12.8 Å². The Bertz CT molecular complexity index is 941. The van der Waals surface area contributed by atoms with Crippen LogP contribution in [0.1, 0.15) is 28.8 Å². The van der Waals surface area contributed by atoms with Gasteiger partial charge in [-0.2, -0.15) is 0 Å². The van der Waals surface area contributed by atoms with Crippen molar-refractivity contribution >= 4 is 21.6 Å². The molecule has 0 radical (unpaired) electrons. The second kappa shape index (κ2) is 7.66. The minimum atomic E-state index is -3.91. The zero-order valence-electron chi connectivity index (χ0n) is 14.9. The monoisotopic (exact) mass is 391 g/mol. The van der Waals surface area contributed by atoms with Gasteiger partial charge in [-0.05, 0) is 67.6 Å². The lowest BCUT2D eigenvalue weighted by Gasteiger charge is -2.14. The number of nitrogens with two attached hydrogens (primary N) is 1. The average molecular weight is 391 g/mol. The SMILES string of the molecule is Cc1ccc(S(=O)(=O)Nc2ccc(F)cc2)cc1C(=O)NCC(N)C1CC1. The summed E-state index contributed by atoms with van der Waals surface area (Å²) in [5, 5.41) is 2.77. The van der Waals surface area contributed by atoms with Gasteiger partial charge in [0.05, 0.1) is 4.90 Å². The van der Waals surface area contributed by atoms with E-state index in [9.17, 15) is 17.6 Å². The minimum Gasteiger partial charge on any atom is -0.350 e. The molecule has 1 atom stereocenters. The Morgan fingerprint density at radius 3 is 2.52 bits per heavy atom. The molecule has 0 saturated heterocycles. The van der Waals surface area contributed by atoms with Crippen LogP contribution in [0.5, 0.6) is 0 Å².